The van der Waals surface area contributed by atoms with Gasteiger partial charge in [0.05, 0.1) is 4.90 Å². The molecule has 21 heavy (non-hydrogen) atoms. The first-order chi connectivity index (χ1) is 10.0. The fourth-order valence-corrected chi connectivity index (χ4v) is 3.94. The van der Waals surface area contributed by atoms with Gasteiger partial charge in [0.25, 0.3) is 0 Å². The summed E-state index contributed by atoms with van der Waals surface area (Å²) >= 11 is 1.57. The zero-order valence-corrected chi connectivity index (χ0v) is 13.2. The van der Waals surface area contributed by atoms with Gasteiger partial charge in [-0.25, -0.2) is 17.5 Å². The van der Waals surface area contributed by atoms with Crippen molar-refractivity contribution in [2.45, 2.75) is 17.9 Å². The molecular weight excluding hydrogens is 311 g/mol. The topological polar surface area (TPSA) is 58.2 Å². The third-order valence-electron chi connectivity index (χ3n) is 2.97. The second kappa shape index (κ2) is 7.13. The third kappa shape index (κ3) is 4.34. The molecule has 7 heteroatoms. The molecule has 1 aromatic heterocycles. The van der Waals surface area contributed by atoms with Gasteiger partial charge in [-0.15, -0.1) is 0 Å². The van der Waals surface area contributed by atoms with Gasteiger partial charge in [0.2, 0.25) is 10.0 Å². The number of thiophene rings is 1. The van der Waals surface area contributed by atoms with Crippen LogP contribution in [-0.4, -0.2) is 22.0 Å². The van der Waals surface area contributed by atoms with Crippen LogP contribution in [0.2, 0.25) is 0 Å². The van der Waals surface area contributed by atoms with Crippen LogP contribution < -0.4 is 10.0 Å². The van der Waals surface area contributed by atoms with Crippen LogP contribution in [0.15, 0.2) is 39.9 Å². The molecule has 0 amide bonds. The fraction of sp³-hybridized carbons (Fsp3) is 0.286. The van der Waals surface area contributed by atoms with Gasteiger partial charge in [0.1, 0.15) is 5.82 Å². The van der Waals surface area contributed by atoms with E-state index in [1.807, 2.05) is 16.8 Å². The van der Waals surface area contributed by atoms with Crippen molar-refractivity contribution in [2.75, 3.05) is 13.6 Å². The Morgan fingerprint density at radius 1 is 1.29 bits per heavy atom. The maximum absolute atomic E-state index is 13.4. The predicted molar refractivity (Wildman–Crippen MR) is 82.4 cm³/mol. The number of halogens is 1. The van der Waals surface area contributed by atoms with Crippen molar-refractivity contribution in [1.82, 2.24) is 10.0 Å². The van der Waals surface area contributed by atoms with Gasteiger partial charge < -0.3 is 5.32 Å². The van der Waals surface area contributed by atoms with Gasteiger partial charge in [-0.3, -0.25) is 0 Å². The van der Waals surface area contributed by atoms with E-state index in [0.29, 0.717) is 18.5 Å². The Kier molecular flexibility index (Phi) is 5.46. The lowest BCUT2D eigenvalue weighted by Crippen LogP contribution is -2.27. The van der Waals surface area contributed by atoms with Gasteiger partial charge in [-0.2, -0.15) is 11.3 Å². The smallest absolute Gasteiger partial charge is 0.241 e. The summed E-state index contributed by atoms with van der Waals surface area (Å²) in [6, 6.07) is 5.75. The highest BCUT2D eigenvalue weighted by Gasteiger charge is 2.18. The summed E-state index contributed by atoms with van der Waals surface area (Å²) in [6.45, 7) is 0.648. The van der Waals surface area contributed by atoms with Crippen LogP contribution in [0.25, 0.3) is 0 Å². The molecule has 2 N–H and O–H groups in total. The van der Waals surface area contributed by atoms with Crippen LogP contribution in [0.3, 0.4) is 0 Å². The Balaban J connectivity index is 2.12. The maximum atomic E-state index is 13.4. The van der Waals surface area contributed by atoms with Crippen molar-refractivity contribution in [2.24, 2.45) is 0 Å². The molecule has 0 aliphatic carbocycles. The van der Waals surface area contributed by atoms with Gasteiger partial charge in [0.15, 0.2) is 0 Å². The average molecular weight is 328 g/mol. The molecule has 1 heterocycles. The van der Waals surface area contributed by atoms with E-state index in [4.69, 9.17) is 0 Å². The van der Waals surface area contributed by atoms with E-state index >= 15 is 0 Å². The Labute approximate surface area is 128 Å². The predicted octanol–water partition coefficient (Wildman–Crippen LogP) is 2.13. The van der Waals surface area contributed by atoms with E-state index in [1.165, 1.54) is 12.1 Å². The van der Waals surface area contributed by atoms with Crippen molar-refractivity contribution in [1.29, 1.82) is 0 Å². The van der Waals surface area contributed by atoms with Gasteiger partial charge >= 0.3 is 0 Å². The van der Waals surface area contributed by atoms with E-state index in [-0.39, 0.29) is 11.4 Å². The maximum Gasteiger partial charge on any atom is 0.241 e. The highest BCUT2D eigenvalue weighted by atomic mass is 32.2. The molecule has 0 aliphatic heterocycles. The summed E-state index contributed by atoms with van der Waals surface area (Å²) in [4.78, 5) is -0.0119. The summed E-state index contributed by atoms with van der Waals surface area (Å²) in [7, 11) is -2.00. The summed E-state index contributed by atoms with van der Waals surface area (Å²) in [5, 5.41) is 6.80. The Morgan fingerprint density at radius 3 is 2.76 bits per heavy atom. The van der Waals surface area contributed by atoms with Crippen LogP contribution in [0, 0.1) is 5.82 Å². The minimum Gasteiger partial charge on any atom is -0.316 e. The first-order valence-electron chi connectivity index (χ1n) is 6.46. The minimum atomic E-state index is -3.72. The van der Waals surface area contributed by atoms with Crippen LogP contribution in [-0.2, 0) is 23.0 Å². The average Bonchev–Trinajstić information content (AvgIpc) is 2.94. The van der Waals surface area contributed by atoms with Crippen molar-refractivity contribution in [3.8, 4) is 0 Å². The van der Waals surface area contributed by atoms with Crippen LogP contribution in [0.5, 0.6) is 0 Å². The SMILES string of the molecule is CNCc1ccc(F)cc1S(=O)(=O)NCCc1ccsc1. The molecule has 0 saturated heterocycles. The van der Waals surface area contributed by atoms with Crippen LogP contribution in [0.4, 0.5) is 4.39 Å². The highest BCUT2D eigenvalue weighted by Crippen LogP contribution is 2.17. The molecule has 114 valence electrons. The summed E-state index contributed by atoms with van der Waals surface area (Å²) < 4.78 is 40.5. The second-order valence-electron chi connectivity index (χ2n) is 4.56. The molecule has 0 saturated carbocycles. The molecule has 0 atom stereocenters. The quantitative estimate of drug-likeness (QED) is 0.818. The Bertz CT molecular complexity index is 685. The molecular formula is C14H17FN2O2S2. The number of rotatable bonds is 7. The fourth-order valence-electron chi connectivity index (χ4n) is 1.96. The van der Waals surface area contributed by atoms with E-state index in [2.05, 4.69) is 10.0 Å². The normalized spacial score (nSPS) is 11.7. The molecule has 2 aromatic rings. The zero-order valence-electron chi connectivity index (χ0n) is 11.6. The first kappa shape index (κ1) is 16.1. The summed E-state index contributed by atoms with van der Waals surface area (Å²) in [6.07, 6.45) is 0.611. The lowest BCUT2D eigenvalue weighted by atomic mass is 10.2. The standard InChI is InChI=1S/C14H17FN2O2S2/c1-16-9-12-2-3-13(15)8-14(12)21(18,19)17-6-4-11-5-7-20-10-11/h2-3,5,7-8,10,16-17H,4,6,9H2,1H3. The molecule has 4 nitrogen and oxygen atoms in total. The van der Waals surface area contributed by atoms with Crippen molar-refractivity contribution in [3.05, 3.63) is 52.0 Å². The van der Waals surface area contributed by atoms with E-state index in [0.717, 1.165) is 11.6 Å². The van der Waals surface area contributed by atoms with E-state index < -0.39 is 15.8 Å². The molecule has 0 radical (unpaired) electrons. The van der Waals surface area contributed by atoms with Crippen molar-refractivity contribution in [3.63, 3.8) is 0 Å². The van der Waals surface area contributed by atoms with Gasteiger partial charge in [0, 0.05) is 13.1 Å². The van der Waals surface area contributed by atoms with Gasteiger partial charge in [-0.1, -0.05) is 6.07 Å². The minimum absolute atomic E-state index is 0.0119. The number of nitrogens with one attached hydrogen (secondary N) is 2. The van der Waals surface area contributed by atoms with Crippen LogP contribution >= 0.6 is 11.3 Å². The molecule has 0 fully saturated rings. The molecule has 0 unspecified atom stereocenters. The molecule has 0 spiro atoms. The molecule has 0 bridgehead atoms. The first-order valence-corrected chi connectivity index (χ1v) is 8.89. The van der Waals surface area contributed by atoms with E-state index in [9.17, 15) is 12.8 Å². The highest BCUT2D eigenvalue weighted by molar-refractivity contribution is 7.89. The lowest BCUT2D eigenvalue weighted by Gasteiger charge is -2.11. The van der Waals surface area contributed by atoms with Crippen LogP contribution in [0.1, 0.15) is 11.1 Å². The summed E-state index contributed by atoms with van der Waals surface area (Å²) in [5.41, 5.74) is 1.62. The van der Waals surface area contributed by atoms with E-state index in [1.54, 1.807) is 18.4 Å². The molecule has 1 aromatic carbocycles. The summed E-state index contributed by atoms with van der Waals surface area (Å²) in [5.74, 6) is -0.562. The van der Waals surface area contributed by atoms with Crippen molar-refractivity contribution < 1.29 is 12.8 Å². The number of hydrogen-bond donors (Lipinski definition) is 2. The Hall–Kier alpha value is -1.28. The van der Waals surface area contributed by atoms with Gasteiger partial charge in [-0.05, 0) is 53.6 Å². The zero-order chi connectivity index (χ0) is 15.3. The third-order valence-corrected chi connectivity index (χ3v) is 5.25. The Morgan fingerprint density at radius 2 is 2.10 bits per heavy atom. The number of sulfonamides is 1. The largest absolute Gasteiger partial charge is 0.316 e. The number of hydrogen-bond acceptors (Lipinski definition) is 4. The lowest BCUT2D eigenvalue weighted by molar-refractivity contribution is 0.575. The van der Waals surface area contributed by atoms with Crippen molar-refractivity contribution >= 4 is 21.4 Å². The molecule has 2 rings (SSSR count). The number of benzene rings is 1. The molecule has 0 aliphatic rings. The monoisotopic (exact) mass is 328 g/mol. The second-order valence-corrected chi connectivity index (χ2v) is 7.08.